The zero-order valence-corrected chi connectivity index (χ0v) is 13.1. The van der Waals surface area contributed by atoms with Gasteiger partial charge in [0.2, 0.25) is 0 Å². The summed E-state index contributed by atoms with van der Waals surface area (Å²) in [6.07, 6.45) is -2.83. The minimum atomic E-state index is -4.49. The van der Waals surface area contributed by atoms with Crippen LogP contribution in [0.3, 0.4) is 0 Å². The Morgan fingerprint density at radius 2 is 1.68 bits per heavy atom. The van der Waals surface area contributed by atoms with Crippen molar-refractivity contribution < 1.29 is 13.2 Å². The van der Waals surface area contributed by atoms with Crippen LogP contribution in [-0.2, 0) is 6.18 Å². The zero-order chi connectivity index (χ0) is 17.9. The van der Waals surface area contributed by atoms with E-state index in [4.69, 9.17) is 5.26 Å². The first kappa shape index (κ1) is 16.9. The predicted octanol–water partition coefficient (Wildman–Crippen LogP) is 1.87. The molecule has 0 N–H and O–H groups in total. The van der Waals surface area contributed by atoms with E-state index in [2.05, 4.69) is 20.2 Å². The molecule has 0 bridgehead atoms. The number of aromatic nitrogens is 4. The van der Waals surface area contributed by atoms with E-state index in [1.165, 1.54) is 0 Å². The molecule has 0 atom stereocenters. The number of alkyl halides is 3. The van der Waals surface area contributed by atoms with Crippen molar-refractivity contribution in [3.63, 3.8) is 0 Å². The van der Waals surface area contributed by atoms with Crippen LogP contribution in [0.1, 0.15) is 17.8 Å². The minimum Gasteiger partial charge on any atom is -0.355 e. The van der Waals surface area contributed by atoms with E-state index in [1.807, 2.05) is 11.0 Å². The van der Waals surface area contributed by atoms with Crippen LogP contribution in [0.25, 0.3) is 0 Å². The van der Waals surface area contributed by atoms with Crippen molar-refractivity contribution in [3.8, 4) is 6.07 Å². The second-order valence-electron chi connectivity index (χ2n) is 5.48. The molecule has 1 fully saturated rings. The largest absolute Gasteiger partial charge is 0.433 e. The van der Waals surface area contributed by atoms with Crippen LogP contribution < -0.4 is 9.80 Å². The van der Waals surface area contributed by atoms with Gasteiger partial charge in [-0.1, -0.05) is 0 Å². The lowest BCUT2D eigenvalue weighted by Crippen LogP contribution is -2.32. The molecule has 0 radical (unpaired) electrons. The third-order valence-corrected chi connectivity index (χ3v) is 3.85. The van der Waals surface area contributed by atoms with Gasteiger partial charge in [0, 0.05) is 32.2 Å². The maximum atomic E-state index is 12.8. The Bertz CT molecular complexity index is 770. The fraction of sp³-hybridized carbons (Fsp3) is 0.400. The maximum absolute atomic E-state index is 12.8. The van der Waals surface area contributed by atoms with Crippen LogP contribution in [0.5, 0.6) is 0 Å². The summed E-state index contributed by atoms with van der Waals surface area (Å²) in [5.41, 5.74) is -0.711. The Kier molecular flexibility index (Phi) is 4.65. The summed E-state index contributed by atoms with van der Waals surface area (Å²) in [6, 6.07) is 6.18. The number of hydrogen-bond acceptors (Lipinski definition) is 7. The van der Waals surface area contributed by atoms with E-state index >= 15 is 0 Å². The molecule has 0 aliphatic carbocycles. The lowest BCUT2D eigenvalue weighted by molar-refractivity contribution is -0.141. The lowest BCUT2D eigenvalue weighted by atomic mass is 10.3. The first-order chi connectivity index (χ1) is 12.0. The highest BCUT2D eigenvalue weighted by atomic mass is 19.4. The third-order valence-electron chi connectivity index (χ3n) is 3.85. The molecule has 10 heteroatoms. The molecular weight excluding hydrogens is 335 g/mol. The van der Waals surface area contributed by atoms with Crippen molar-refractivity contribution in [2.45, 2.75) is 12.6 Å². The molecule has 0 saturated carbocycles. The Hall–Kier alpha value is -2.96. The van der Waals surface area contributed by atoms with Gasteiger partial charge in [-0.2, -0.15) is 18.4 Å². The van der Waals surface area contributed by atoms with Crippen LogP contribution in [0.2, 0.25) is 0 Å². The van der Waals surface area contributed by atoms with Crippen molar-refractivity contribution in [2.24, 2.45) is 0 Å². The van der Waals surface area contributed by atoms with Crippen LogP contribution in [0.4, 0.5) is 24.8 Å². The first-order valence-corrected chi connectivity index (χ1v) is 7.60. The van der Waals surface area contributed by atoms with E-state index in [-0.39, 0.29) is 11.5 Å². The van der Waals surface area contributed by atoms with E-state index < -0.39 is 11.9 Å². The standard InChI is InChI=1S/C15H14F3N7/c16-15(17,18)12-8-14(21-10-20-12)25-5-1-4-24(6-7-25)13-3-2-11(9-19)22-23-13/h2-3,8,10H,1,4-7H2. The molecule has 2 aromatic rings. The summed E-state index contributed by atoms with van der Waals surface area (Å²) in [4.78, 5) is 11.0. The van der Waals surface area contributed by atoms with Crippen LogP contribution in [0, 0.1) is 11.3 Å². The predicted molar refractivity (Wildman–Crippen MR) is 82.8 cm³/mol. The molecule has 0 aromatic carbocycles. The Balaban J connectivity index is 1.72. The molecule has 0 amide bonds. The van der Waals surface area contributed by atoms with Gasteiger partial charge in [-0.05, 0) is 18.6 Å². The van der Waals surface area contributed by atoms with E-state index in [0.29, 0.717) is 32.0 Å². The summed E-state index contributed by atoms with van der Waals surface area (Å²) in [5, 5.41) is 16.6. The molecule has 0 unspecified atom stereocenters. The van der Waals surface area contributed by atoms with Gasteiger partial charge in [0.1, 0.15) is 23.9 Å². The fourth-order valence-corrected chi connectivity index (χ4v) is 2.60. The number of anilines is 2. The first-order valence-electron chi connectivity index (χ1n) is 7.60. The SMILES string of the molecule is N#Cc1ccc(N2CCCN(c3cc(C(F)(F)F)ncn3)CC2)nn1. The number of nitrogens with zero attached hydrogens (tertiary/aromatic N) is 7. The van der Waals surface area contributed by atoms with Gasteiger partial charge in [0.25, 0.3) is 0 Å². The summed E-state index contributed by atoms with van der Waals surface area (Å²) in [5.74, 6) is 0.898. The Labute approximate surface area is 141 Å². The average Bonchev–Trinajstić information content (AvgIpc) is 2.87. The van der Waals surface area contributed by atoms with Crippen molar-refractivity contribution in [1.29, 1.82) is 5.26 Å². The van der Waals surface area contributed by atoms with Gasteiger partial charge < -0.3 is 9.80 Å². The molecule has 7 nitrogen and oxygen atoms in total. The molecule has 3 heterocycles. The van der Waals surface area contributed by atoms with Gasteiger partial charge in [-0.15, -0.1) is 10.2 Å². The lowest BCUT2D eigenvalue weighted by Gasteiger charge is -2.23. The van der Waals surface area contributed by atoms with Crippen molar-refractivity contribution >= 4 is 11.6 Å². The number of halogens is 3. The molecule has 1 saturated heterocycles. The van der Waals surface area contributed by atoms with Crippen molar-refractivity contribution in [3.05, 3.63) is 35.9 Å². The smallest absolute Gasteiger partial charge is 0.355 e. The molecule has 130 valence electrons. The number of nitriles is 1. The second kappa shape index (κ2) is 6.88. The average molecular weight is 349 g/mol. The van der Waals surface area contributed by atoms with Crippen molar-refractivity contribution in [1.82, 2.24) is 20.2 Å². The Morgan fingerprint density at radius 1 is 0.960 bits per heavy atom. The summed E-state index contributed by atoms with van der Waals surface area (Å²) >= 11 is 0. The zero-order valence-electron chi connectivity index (χ0n) is 13.1. The highest BCUT2D eigenvalue weighted by Gasteiger charge is 2.33. The van der Waals surface area contributed by atoms with Crippen molar-refractivity contribution in [2.75, 3.05) is 36.0 Å². The fourth-order valence-electron chi connectivity index (χ4n) is 2.60. The molecule has 25 heavy (non-hydrogen) atoms. The molecular formula is C15H14F3N7. The van der Waals surface area contributed by atoms with Gasteiger partial charge in [-0.25, -0.2) is 9.97 Å². The highest BCUT2D eigenvalue weighted by molar-refractivity contribution is 5.43. The summed E-state index contributed by atoms with van der Waals surface area (Å²) in [6.45, 7) is 2.32. The van der Waals surface area contributed by atoms with Gasteiger partial charge >= 0.3 is 6.18 Å². The molecule has 1 aliphatic heterocycles. The summed E-state index contributed by atoms with van der Waals surface area (Å²) < 4.78 is 38.4. The van der Waals surface area contributed by atoms with E-state index in [9.17, 15) is 13.2 Å². The topological polar surface area (TPSA) is 81.8 Å². The minimum absolute atomic E-state index is 0.237. The normalized spacial score (nSPS) is 15.6. The van der Waals surface area contributed by atoms with E-state index in [0.717, 1.165) is 18.8 Å². The van der Waals surface area contributed by atoms with Crippen LogP contribution >= 0.6 is 0 Å². The summed E-state index contributed by atoms with van der Waals surface area (Å²) in [7, 11) is 0. The van der Waals surface area contributed by atoms with Crippen LogP contribution in [0.15, 0.2) is 24.5 Å². The van der Waals surface area contributed by atoms with Crippen LogP contribution in [-0.4, -0.2) is 46.3 Å². The quantitative estimate of drug-likeness (QED) is 0.818. The van der Waals surface area contributed by atoms with E-state index in [1.54, 1.807) is 17.0 Å². The second-order valence-corrected chi connectivity index (χ2v) is 5.48. The highest BCUT2D eigenvalue weighted by Crippen LogP contribution is 2.29. The van der Waals surface area contributed by atoms with Gasteiger partial charge in [0.05, 0.1) is 0 Å². The molecule has 3 rings (SSSR count). The number of hydrogen-bond donors (Lipinski definition) is 0. The molecule has 1 aliphatic rings. The monoisotopic (exact) mass is 349 g/mol. The Morgan fingerprint density at radius 3 is 2.28 bits per heavy atom. The third kappa shape index (κ3) is 3.93. The molecule has 2 aromatic heterocycles. The van der Waals surface area contributed by atoms with Gasteiger partial charge in [-0.3, -0.25) is 0 Å². The molecule has 0 spiro atoms. The maximum Gasteiger partial charge on any atom is 0.433 e. The number of rotatable bonds is 2. The van der Waals surface area contributed by atoms with Gasteiger partial charge in [0.15, 0.2) is 11.5 Å².